The van der Waals surface area contributed by atoms with E-state index in [1.165, 1.54) is 17.1 Å². The largest absolute Gasteiger partial charge is 0.394 e. The smallest absolute Gasteiger partial charge is 0.151 e. The standard InChI is InChI=1S/C22H18ClFN8O2/c23-16-3-13(7-25)4-17(24)22(16)32-18-5-19(26-8-14(18)9-29-32)30-20-6-21(28-12-27-20)31-1-2-34-11-15(31)10-33/h3-6,8-9,12,15,33H,1-2,10-11H2,(H,26,27,28,30)/t15-/m0/s1. The van der Waals surface area contributed by atoms with Gasteiger partial charge in [-0.05, 0) is 12.1 Å². The fourth-order valence-corrected chi connectivity index (χ4v) is 4.10. The molecule has 1 saturated heterocycles. The lowest BCUT2D eigenvalue weighted by atomic mass is 10.2. The number of nitriles is 1. The molecular formula is C22H18ClFN8O2. The van der Waals surface area contributed by atoms with Gasteiger partial charge in [0.05, 0.1) is 54.2 Å². The van der Waals surface area contributed by atoms with Gasteiger partial charge in [-0.1, -0.05) is 11.6 Å². The molecule has 10 nitrogen and oxygen atoms in total. The van der Waals surface area contributed by atoms with E-state index >= 15 is 0 Å². The van der Waals surface area contributed by atoms with Crippen molar-refractivity contribution in [1.82, 2.24) is 24.7 Å². The van der Waals surface area contributed by atoms with Crippen LogP contribution in [-0.4, -0.2) is 62.2 Å². The summed E-state index contributed by atoms with van der Waals surface area (Å²) in [4.78, 5) is 14.9. The minimum atomic E-state index is -0.662. The van der Waals surface area contributed by atoms with Crippen molar-refractivity contribution in [2.45, 2.75) is 6.04 Å². The molecule has 1 aliphatic heterocycles. The molecule has 0 unspecified atom stereocenters. The lowest BCUT2D eigenvalue weighted by Gasteiger charge is -2.35. The van der Waals surface area contributed by atoms with Crippen molar-refractivity contribution in [2.24, 2.45) is 0 Å². The molecule has 1 aromatic carbocycles. The maximum absolute atomic E-state index is 14.7. The normalized spacial score (nSPS) is 15.9. The summed E-state index contributed by atoms with van der Waals surface area (Å²) in [6, 6.07) is 7.65. The summed E-state index contributed by atoms with van der Waals surface area (Å²) in [6.07, 6.45) is 4.58. The lowest BCUT2D eigenvalue weighted by Crippen LogP contribution is -2.48. The maximum Gasteiger partial charge on any atom is 0.151 e. The van der Waals surface area contributed by atoms with Gasteiger partial charge in [-0.15, -0.1) is 0 Å². The number of morpholine rings is 1. The van der Waals surface area contributed by atoms with E-state index in [0.717, 1.165) is 6.07 Å². The van der Waals surface area contributed by atoms with Gasteiger partial charge >= 0.3 is 0 Å². The van der Waals surface area contributed by atoms with Crippen LogP contribution in [0.15, 0.2) is 43.0 Å². The molecule has 0 bridgehead atoms. The van der Waals surface area contributed by atoms with Crippen LogP contribution in [0.5, 0.6) is 0 Å². The summed E-state index contributed by atoms with van der Waals surface area (Å²) >= 11 is 6.26. The number of aromatic nitrogens is 5. The Hall–Kier alpha value is -3.85. The number of fused-ring (bicyclic) bond motifs is 1. The third kappa shape index (κ3) is 4.10. The Morgan fingerprint density at radius 1 is 1.21 bits per heavy atom. The topological polar surface area (TPSA) is 125 Å². The Morgan fingerprint density at radius 3 is 2.85 bits per heavy atom. The van der Waals surface area contributed by atoms with Crippen molar-refractivity contribution >= 4 is 40.0 Å². The van der Waals surface area contributed by atoms with Gasteiger partial charge in [0.25, 0.3) is 0 Å². The lowest BCUT2D eigenvalue weighted by molar-refractivity contribution is 0.0723. The summed E-state index contributed by atoms with van der Waals surface area (Å²) < 4.78 is 21.5. The minimum absolute atomic E-state index is 0.0412. The number of hydrogen-bond acceptors (Lipinski definition) is 9. The summed E-state index contributed by atoms with van der Waals surface area (Å²) in [5.74, 6) is 0.931. The van der Waals surface area contributed by atoms with Gasteiger partial charge in [-0.2, -0.15) is 10.4 Å². The highest BCUT2D eigenvalue weighted by atomic mass is 35.5. The summed E-state index contributed by atoms with van der Waals surface area (Å²) in [7, 11) is 0. The van der Waals surface area contributed by atoms with Crippen molar-refractivity contribution in [3.8, 4) is 11.8 Å². The predicted octanol–water partition coefficient (Wildman–Crippen LogP) is 2.82. The van der Waals surface area contributed by atoms with Crippen LogP contribution in [0.3, 0.4) is 0 Å². The number of pyridine rings is 1. The molecule has 0 radical (unpaired) electrons. The quantitative estimate of drug-likeness (QED) is 0.443. The number of aliphatic hydroxyl groups excluding tert-OH is 1. The Bertz CT molecular complexity index is 1380. The van der Waals surface area contributed by atoms with Crippen molar-refractivity contribution < 1.29 is 14.2 Å². The first-order chi connectivity index (χ1) is 16.6. The van der Waals surface area contributed by atoms with Crippen molar-refractivity contribution in [3.05, 3.63) is 59.4 Å². The molecule has 0 spiro atoms. The molecule has 1 atom stereocenters. The van der Waals surface area contributed by atoms with E-state index in [2.05, 4.69) is 25.4 Å². The van der Waals surface area contributed by atoms with E-state index in [1.54, 1.807) is 24.5 Å². The van der Waals surface area contributed by atoms with E-state index in [9.17, 15) is 9.50 Å². The van der Waals surface area contributed by atoms with Gasteiger partial charge in [-0.3, -0.25) is 0 Å². The predicted molar refractivity (Wildman–Crippen MR) is 123 cm³/mol. The summed E-state index contributed by atoms with van der Waals surface area (Å²) in [5, 5.41) is 26.8. The Kier molecular flexibility index (Phi) is 5.93. The van der Waals surface area contributed by atoms with Crippen molar-refractivity contribution in [3.63, 3.8) is 0 Å². The van der Waals surface area contributed by atoms with E-state index in [-0.39, 0.29) is 28.9 Å². The number of nitrogens with zero attached hydrogens (tertiary/aromatic N) is 7. The van der Waals surface area contributed by atoms with E-state index in [1.807, 2.05) is 11.0 Å². The van der Waals surface area contributed by atoms with Crippen LogP contribution < -0.4 is 10.2 Å². The monoisotopic (exact) mass is 480 g/mol. The van der Waals surface area contributed by atoms with Gasteiger partial charge in [0, 0.05) is 30.3 Å². The van der Waals surface area contributed by atoms with Gasteiger partial charge in [0.2, 0.25) is 0 Å². The third-order valence-electron chi connectivity index (χ3n) is 5.45. The molecule has 0 saturated carbocycles. The first-order valence-corrected chi connectivity index (χ1v) is 10.7. The molecular weight excluding hydrogens is 463 g/mol. The molecule has 1 fully saturated rings. The van der Waals surface area contributed by atoms with Gasteiger partial charge in [0.1, 0.15) is 29.5 Å². The number of rotatable bonds is 5. The number of halogens is 2. The fraction of sp³-hybridized carbons (Fsp3) is 0.227. The third-order valence-corrected chi connectivity index (χ3v) is 5.74. The van der Waals surface area contributed by atoms with Gasteiger partial charge in [-0.25, -0.2) is 24.0 Å². The highest BCUT2D eigenvalue weighted by molar-refractivity contribution is 6.32. The first-order valence-electron chi connectivity index (χ1n) is 10.3. The van der Waals surface area contributed by atoms with Crippen molar-refractivity contribution in [2.75, 3.05) is 36.6 Å². The second-order valence-electron chi connectivity index (χ2n) is 7.58. The minimum Gasteiger partial charge on any atom is -0.394 e. The second-order valence-corrected chi connectivity index (χ2v) is 7.98. The summed E-state index contributed by atoms with van der Waals surface area (Å²) in [6.45, 7) is 1.51. The number of nitrogens with one attached hydrogen (secondary N) is 1. The number of hydrogen-bond donors (Lipinski definition) is 2. The molecule has 0 amide bonds. The molecule has 4 aromatic rings. The summed E-state index contributed by atoms with van der Waals surface area (Å²) in [5.41, 5.74) is 0.723. The van der Waals surface area contributed by atoms with Crippen LogP contribution in [0.2, 0.25) is 5.02 Å². The molecule has 5 rings (SSSR count). The van der Waals surface area contributed by atoms with E-state index in [4.69, 9.17) is 21.6 Å². The zero-order valence-corrected chi connectivity index (χ0v) is 18.4. The van der Waals surface area contributed by atoms with Crippen LogP contribution in [0.25, 0.3) is 16.6 Å². The molecule has 4 heterocycles. The molecule has 3 aromatic heterocycles. The van der Waals surface area contributed by atoms with Crippen LogP contribution in [0, 0.1) is 17.1 Å². The van der Waals surface area contributed by atoms with Gasteiger partial charge < -0.3 is 20.1 Å². The molecule has 0 aliphatic carbocycles. The number of aliphatic hydroxyl groups is 1. The number of anilines is 3. The molecule has 172 valence electrons. The Labute approximate surface area is 198 Å². The maximum atomic E-state index is 14.7. The number of ether oxygens (including phenoxy) is 1. The molecule has 2 N–H and O–H groups in total. The molecule has 12 heteroatoms. The van der Waals surface area contributed by atoms with E-state index < -0.39 is 5.82 Å². The van der Waals surface area contributed by atoms with Crippen LogP contribution >= 0.6 is 11.6 Å². The Morgan fingerprint density at radius 2 is 2.06 bits per heavy atom. The average molecular weight is 481 g/mol. The van der Waals surface area contributed by atoms with Gasteiger partial charge in [0.15, 0.2) is 5.82 Å². The number of benzene rings is 1. The Balaban J connectivity index is 1.47. The fourth-order valence-electron chi connectivity index (χ4n) is 3.81. The SMILES string of the molecule is N#Cc1cc(F)c(-n2ncc3cnc(Nc4cc(N5CCOC[C@@H]5CO)ncn4)cc32)c(Cl)c1. The van der Waals surface area contributed by atoms with Crippen LogP contribution in [0.1, 0.15) is 5.56 Å². The highest BCUT2D eigenvalue weighted by Gasteiger charge is 2.24. The zero-order valence-electron chi connectivity index (χ0n) is 17.7. The molecule has 34 heavy (non-hydrogen) atoms. The van der Waals surface area contributed by atoms with Crippen molar-refractivity contribution in [1.29, 1.82) is 5.26 Å². The zero-order chi connectivity index (χ0) is 23.7. The van der Waals surface area contributed by atoms with Crippen LogP contribution in [-0.2, 0) is 4.74 Å². The molecule has 1 aliphatic rings. The first kappa shape index (κ1) is 22.0. The van der Waals surface area contributed by atoms with Crippen LogP contribution in [0.4, 0.5) is 21.8 Å². The average Bonchev–Trinajstić information content (AvgIpc) is 3.26. The van der Waals surface area contributed by atoms with E-state index in [0.29, 0.717) is 48.1 Å². The second kappa shape index (κ2) is 9.18. The highest BCUT2D eigenvalue weighted by Crippen LogP contribution is 2.29.